The largest absolute Gasteiger partial charge is 0.497 e. The third kappa shape index (κ3) is 4.77. The standard InChI is InChI=1S/C17H22N2OS/c1-13-6-3-4-9-17(13)21-12-15(19-18)10-14-7-5-8-16(11-14)20-2/h3-9,11,15,19H,10,12,18H2,1-2H3. The Bertz CT molecular complexity index is 574. The average Bonchev–Trinajstić information content (AvgIpc) is 2.53. The summed E-state index contributed by atoms with van der Waals surface area (Å²) in [5, 5.41) is 0. The molecule has 0 fully saturated rings. The summed E-state index contributed by atoms with van der Waals surface area (Å²) in [6, 6.07) is 16.8. The van der Waals surface area contributed by atoms with Gasteiger partial charge in [-0.15, -0.1) is 11.8 Å². The molecule has 0 saturated heterocycles. The van der Waals surface area contributed by atoms with Gasteiger partial charge in [0, 0.05) is 16.7 Å². The predicted octanol–water partition coefficient (Wildman–Crippen LogP) is 3.17. The summed E-state index contributed by atoms with van der Waals surface area (Å²) >= 11 is 1.84. The van der Waals surface area contributed by atoms with E-state index < -0.39 is 0 Å². The van der Waals surface area contributed by atoms with Gasteiger partial charge in [0.2, 0.25) is 0 Å². The maximum atomic E-state index is 5.70. The lowest BCUT2D eigenvalue weighted by Crippen LogP contribution is -2.38. The van der Waals surface area contributed by atoms with Crippen molar-refractivity contribution in [2.45, 2.75) is 24.3 Å². The molecule has 112 valence electrons. The van der Waals surface area contributed by atoms with Crippen molar-refractivity contribution in [2.75, 3.05) is 12.9 Å². The van der Waals surface area contributed by atoms with Gasteiger partial charge in [0.05, 0.1) is 7.11 Å². The number of hydrazine groups is 1. The van der Waals surface area contributed by atoms with E-state index in [-0.39, 0.29) is 6.04 Å². The molecule has 0 aromatic heterocycles. The van der Waals surface area contributed by atoms with Crippen LogP contribution < -0.4 is 16.0 Å². The maximum Gasteiger partial charge on any atom is 0.119 e. The number of aryl methyl sites for hydroxylation is 1. The molecular weight excluding hydrogens is 280 g/mol. The van der Waals surface area contributed by atoms with Crippen LogP contribution in [-0.2, 0) is 6.42 Å². The van der Waals surface area contributed by atoms with Crippen molar-refractivity contribution in [1.29, 1.82) is 0 Å². The van der Waals surface area contributed by atoms with Crippen LogP contribution in [0.15, 0.2) is 53.4 Å². The fourth-order valence-corrected chi connectivity index (χ4v) is 3.22. The molecule has 0 amide bonds. The zero-order chi connectivity index (χ0) is 15.1. The van der Waals surface area contributed by atoms with E-state index in [2.05, 4.69) is 48.7 Å². The lowest BCUT2D eigenvalue weighted by Gasteiger charge is -2.16. The highest BCUT2D eigenvalue weighted by Gasteiger charge is 2.10. The second-order valence-corrected chi connectivity index (χ2v) is 6.06. The van der Waals surface area contributed by atoms with Crippen molar-refractivity contribution < 1.29 is 4.74 Å². The maximum absolute atomic E-state index is 5.70. The lowest BCUT2D eigenvalue weighted by atomic mass is 10.1. The first kappa shape index (κ1) is 15.9. The number of hydrogen-bond donors (Lipinski definition) is 2. The summed E-state index contributed by atoms with van der Waals surface area (Å²) in [6.07, 6.45) is 0.882. The Morgan fingerprint density at radius 1 is 1.19 bits per heavy atom. The molecule has 0 aliphatic carbocycles. The zero-order valence-electron chi connectivity index (χ0n) is 12.5. The van der Waals surface area contributed by atoms with Crippen molar-refractivity contribution >= 4 is 11.8 Å². The molecule has 0 bridgehead atoms. The zero-order valence-corrected chi connectivity index (χ0v) is 13.3. The molecule has 4 heteroatoms. The van der Waals surface area contributed by atoms with E-state index in [1.54, 1.807) is 7.11 Å². The van der Waals surface area contributed by atoms with Crippen molar-refractivity contribution in [3.05, 3.63) is 59.7 Å². The van der Waals surface area contributed by atoms with Gasteiger partial charge in [-0.1, -0.05) is 30.3 Å². The van der Waals surface area contributed by atoms with E-state index in [9.17, 15) is 0 Å². The molecule has 21 heavy (non-hydrogen) atoms. The van der Waals surface area contributed by atoms with Crippen LogP contribution in [0.4, 0.5) is 0 Å². The normalized spacial score (nSPS) is 12.1. The second-order valence-electron chi connectivity index (χ2n) is 5.00. The molecule has 2 aromatic carbocycles. The van der Waals surface area contributed by atoms with Gasteiger partial charge in [-0.2, -0.15) is 0 Å². The molecule has 0 aliphatic heterocycles. The highest BCUT2D eigenvalue weighted by atomic mass is 32.2. The SMILES string of the molecule is COc1cccc(CC(CSc2ccccc2C)NN)c1. The first-order valence-electron chi connectivity index (χ1n) is 7.00. The predicted molar refractivity (Wildman–Crippen MR) is 89.7 cm³/mol. The summed E-state index contributed by atoms with van der Waals surface area (Å²) in [4.78, 5) is 1.31. The molecule has 0 radical (unpaired) electrons. The van der Waals surface area contributed by atoms with Crippen molar-refractivity contribution in [3.8, 4) is 5.75 Å². The topological polar surface area (TPSA) is 47.3 Å². The van der Waals surface area contributed by atoms with Gasteiger partial charge in [0.25, 0.3) is 0 Å². The first-order chi connectivity index (χ1) is 10.2. The Balaban J connectivity index is 1.95. The number of benzene rings is 2. The molecule has 1 unspecified atom stereocenters. The highest BCUT2D eigenvalue weighted by Crippen LogP contribution is 2.23. The molecule has 2 aromatic rings. The van der Waals surface area contributed by atoms with Crippen LogP contribution in [0, 0.1) is 6.92 Å². The van der Waals surface area contributed by atoms with Crippen molar-refractivity contribution in [2.24, 2.45) is 5.84 Å². The molecule has 2 rings (SSSR count). The van der Waals surface area contributed by atoms with Gasteiger partial charge in [-0.3, -0.25) is 11.3 Å². The quantitative estimate of drug-likeness (QED) is 0.468. The van der Waals surface area contributed by atoms with Crippen LogP contribution in [-0.4, -0.2) is 18.9 Å². The summed E-state index contributed by atoms with van der Waals surface area (Å²) < 4.78 is 5.26. The molecular formula is C17H22N2OS. The van der Waals surface area contributed by atoms with E-state index >= 15 is 0 Å². The molecule has 0 saturated carbocycles. The van der Waals surface area contributed by atoms with E-state index in [0.717, 1.165) is 17.9 Å². The first-order valence-corrected chi connectivity index (χ1v) is 7.99. The van der Waals surface area contributed by atoms with Gasteiger partial charge < -0.3 is 4.74 Å². The van der Waals surface area contributed by atoms with Crippen LogP contribution in [0.25, 0.3) is 0 Å². The minimum Gasteiger partial charge on any atom is -0.497 e. The van der Waals surface area contributed by atoms with Gasteiger partial charge >= 0.3 is 0 Å². The van der Waals surface area contributed by atoms with Crippen LogP contribution >= 0.6 is 11.8 Å². The van der Waals surface area contributed by atoms with E-state index in [0.29, 0.717) is 0 Å². The fourth-order valence-electron chi connectivity index (χ4n) is 2.16. The Hall–Kier alpha value is -1.49. The minimum absolute atomic E-state index is 0.224. The third-order valence-electron chi connectivity index (χ3n) is 3.39. The summed E-state index contributed by atoms with van der Waals surface area (Å²) in [5.41, 5.74) is 5.45. The van der Waals surface area contributed by atoms with E-state index in [1.165, 1.54) is 16.0 Å². The number of thioether (sulfide) groups is 1. The number of nitrogens with two attached hydrogens (primary N) is 1. The third-order valence-corrected chi connectivity index (χ3v) is 4.72. The number of nitrogens with one attached hydrogen (secondary N) is 1. The summed E-state index contributed by atoms with van der Waals surface area (Å²) in [6.45, 7) is 2.13. The molecule has 0 spiro atoms. The van der Waals surface area contributed by atoms with Crippen LogP contribution in [0.5, 0.6) is 5.75 Å². The molecule has 0 heterocycles. The molecule has 0 aliphatic rings. The van der Waals surface area contributed by atoms with Crippen molar-refractivity contribution in [3.63, 3.8) is 0 Å². The number of methoxy groups -OCH3 is 1. The molecule has 3 N–H and O–H groups in total. The number of ether oxygens (including phenoxy) is 1. The fraction of sp³-hybridized carbons (Fsp3) is 0.294. The lowest BCUT2D eigenvalue weighted by molar-refractivity contribution is 0.414. The van der Waals surface area contributed by atoms with Crippen LogP contribution in [0.3, 0.4) is 0 Å². The molecule has 1 atom stereocenters. The van der Waals surface area contributed by atoms with E-state index in [1.807, 2.05) is 23.9 Å². The van der Waals surface area contributed by atoms with Gasteiger partial charge in [-0.25, -0.2) is 0 Å². The Morgan fingerprint density at radius 2 is 2.00 bits per heavy atom. The van der Waals surface area contributed by atoms with Gasteiger partial charge in [0.1, 0.15) is 5.75 Å². The second kappa shape index (κ2) is 8.08. The average molecular weight is 302 g/mol. The van der Waals surface area contributed by atoms with Gasteiger partial charge in [0.15, 0.2) is 0 Å². The van der Waals surface area contributed by atoms with Crippen molar-refractivity contribution in [1.82, 2.24) is 5.43 Å². The van der Waals surface area contributed by atoms with Crippen LogP contribution in [0.2, 0.25) is 0 Å². The van der Waals surface area contributed by atoms with Gasteiger partial charge in [-0.05, 0) is 42.7 Å². The Labute approximate surface area is 130 Å². The molecule has 3 nitrogen and oxygen atoms in total. The summed E-state index contributed by atoms with van der Waals surface area (Å²) in [7, 11) is 1.69. The highest BCUT2D eigenvalue weighted by molar-refractivity contribution is 7.99. The monoisotopic (exact) mass is 302 g/mol. The van der Waals surface area contributed by atoms with E-state index in [4.69, 9.17) is 10.6 Å². The summed E-state index contributed by atoms with van der Waals surface area (Å²) in [5.74, 6) is 7.51. The van der Waals surface area contributed by atoms with Crippen LogP contribution in [0.1, 0.15) is 11.1 Å². The smallest absolute Gasteiger partial charge is 0.119 e. The Morgan fingerprint density at radius 3 is 2.71 bits per heavy atom. The Kier molecular flexibility index (Phi) is 6.11. The minimum atomic E-state index is 0.224. The number of hydrogen-bond acceptors (Lipinski definition) is 4. The number of rotatable bonds is 7.